The van der Waals surface area contributed by atoms with Crippen LogP contribution in [0.2, 0.25) is 0 Å². The molecular formula is C10H23NO3S. The first-order valence-corrected chi connectivity index (χ1v) is 6.96. The molecule has 1 N–H and O–H groups in total. The molecule has 0 aromatic heterocycles. The molecule has 2 atom stereocenters. The summed E-state index contributed by atoms with van der Waals surface area (Å²) in [5, 5.41) is 3.18. The Morgan fingerprint density at radius 1 is 1.33 bits per heavy atom. The van der Waals surface area contributed by atoms with Crippen LogP contribution >= 0.6 is 0 Å². The van der Waals surface area contributed by atoms with Crippen molar-refractivity contribution in [2.75, 3.05) is 19.9 Å². The van der Waals surface area contributed by atoms with Crippen molar-refractivity contribution in [3.05, 3.63) is 0 Å². The lowest BCUT2D eigenvalue weighted by Gasteiger charge is -2.27. The first kappa shape index (κ1) is 14.9. The van der Waals surface area contributed by atoms with Crippen LogP contribution in [-0.2, 0) is 14.6 Å². The monoisotopic (exact) mass is 237 g/mol. The smallest absolute Gasteiger partial charge is 0.153 e. The molecule has 0 aromatic carbocycles. The minimum absolute atomic E-state index is 0.0698. The quantitative estimate of drug-likeness (QED) is 0.743. The van der Waals surface area contributed by atoms with Crippen LogP contribution in [0.25, 0.3) is 0 Å². The van der Waals surface area contributed by atoms with Crippen molar-refractivity contribution in [1.82, 2.24) is 5.32 Å². The van der Waals surface area contributed by atoms with E-state index in [0.29, 0.717) is 6.54 Å². The lowest BCUT2D eigenvalue weighted by molar-refractivity contribution is 0.0881. The maximum Gasteiger partial charge on any atom is 0.153 e. The summed E-state index contributed by atoms with van der Waals surface area (Å²) in [6, 6.07) is 0.135. The van der Waals surface area contributed by atoms with Gasteiger partial charge in [-0.25, -0.2) is 8.42 Å². The lowest BCUT2D eigenvalue weighted by Crippen LogP contribution is -2.47. The van der Waals surface area contributed by atoms with Crippen LogP contribution in [-0.4, -0.2) is 45.2 Å². The first-order valence-electron chi connectivity index (χ1n) is 5.07. The first-order chi connectivity index (χ1) is 6.62. The van der Waals surface area contributed by atoms with E-state index in [0.717, 1.165) is 0 Å². The van der Waals surface area contributed by atoms with Crippen LogP contribution in [0.5, 0.6) is 0 Å². The SMILES string of the molecule is COC(C)C(C)NCC(C)(C)S(C)(=O)=O. The third-order valence-electron chi connectivity index (χ3n) is 2.93. The van der Waals surface area contributed by atoms with E-state index >= 15 is 0 Å². The van der Waals surface area contributed by atoms with Crippen LogP contribution in [0.3, 0.4) is 0 Å². The van der Waals surface area contributed by atoms with E-state index in [1.165, 1.54) is 6.26 Å². The maximum absolute atomic E-state index is 11.4. The molecule has 0 bridgehead atoms. The van der Waals surface area contributed by atoms with Gasteiger partial charge in [-0.05, 0) is 27.7 Å². The lowest BCUT2D eigenvalue weighted by atomic mass is 10.1. The normalized spacial score (nSPS) is 17.5. The molecule has 0 aliphatic heterocycles. The second-order valence-electron chi connectivity index (χ2n) is 4.64. The van der Waals surface area contributed by atoms with E-state index in [9.17, 15) is 8.42 Å². The number of rotatable bonds is 6. The zero-order valence-corrected chi connectivity index (χ0v) is 11.3. The average molecular weight is 237 g/mol. The van der Waals surface area contributed by atoms with Gasteiger partial charge >= 0.3 is 0 Å². The Morgan fingerprint density at radius 2 is 1.80 bits per heavy atom. The van der Waals surface area contributed by atoms with E-state index in [1.54, 1.807) is 21.0 Å². The molecule has 0 radical (unpaired) electrons. The van der Waals surface area contributed by atoms with E-state index in [4.69, 9.17) is 4.74 Å². The largest absolute Gasteiger partial charge is 0.380 e. The van der Waals surface area contributed by atoms with Crippen LogP contribution < -0.4 is 5.32 Å². The summed E-state index contributed by atoms with van der Waals surface area (Å²) in [6.45, 7) is 7.80. The van der Waals surface area contributed by atoms with Crippen LogP contribution in [0.4, 0.5) is 0 Å². The Hall–Kier alpha value is -0.130. The van der Waals surface area contributed by atoms with Gasteiger partial charge in [0.05, 0.1) is 10.9 Å². The van der Waals surface area contributed by atoms with Crippen LogP contribution in [0, 0.1) is 0 Å². The van der Waals surface area contributed by atoms with Gasteiger partial charge in [-0.3, -0.25) is 0 Å². The molecule has 0 aromatic rings. The van der Waals surface area contributed by atoms with Gasteiger partial charge in [0, 0.05) is 26.0 Å². The highest BCUT2D eigenvalue weighted by atomic mass is 32.2. The molecule has 0 aliphatic carbocycles. The van der Waals surface area contributed by atoms with E-state index in [-0.39, 0.29) is 12.1 Å². The van der Waals surface area contributed by atoms with Crippen molar-refractivity contribution >= 4 is 9.84 Å². The Balaban J connectivity index is 4.28. The predicted molar refractivity (Wildman–Crippen MR) is 62.9 cm³/mol. The molecule has 0 aliphatic rings. The topological polar surface area (TPSA) is 55.4 Å². The fourth-order valence-electron chi connectivity index (χ4n) is 0.908. The van der Waals surface area contributed by atoms with Crippen molar-refractivity contribution < 1.29 is 13.2 Å². The molecule has 0 fully saturated rings. The van der Waals surface area contributed by atoms with Gasteiger partial charge in [-0.1, -0.05) is 0 Å². The maximum atomic E-state index is 11.4. The van der Waals surface area contributed by atoms with Gasteiger partial charge in [0.25, 0.3) is 0 Å². The minimum atomic E-state index is -3.03. The molecule has 92 valence electrons. The fraction of sp³-hybridized carbons (Fsp3) is 1.00. The summed E-state index contributed by atoms with van der Waals surface area (Å²) in [7, 11) is -1.39. The summed E-state index contributed by atoms with van der Waals surface area (Å²) in [6.07, 6.45) is 1.33. The summed E-state index contributed by atoms with van der Waals surface area (Å²) in [5.41, 5.74) is 0. The van der Waals surface area contributed by atoms with E-state index in [1.807, 2.05) is 13.8 Å². The number of hydrogen-bond donors (Lipinski definition) is 1. The van der Waals surface area contributed by atoms with Crippen LogP contribution in [0.15, 0.2) is 0 Å². The van der Waals surface area contributed by atoms with Gasteiger partial charge in [-0.15, -0.1) is 0 Å². The summed E-state index contributed by atoms with van der Waals surface area (Å²) >= 11 is 0. The number of nitrogens with one attached hydrogen (secondary N) is 1. The van der Waals surface area contributed by atoms with Crippen molar-refractivity contribution in [2.45, 2.75) is 44.6 Å². The Kier molecular flexibility index (Phi) is 5.23. The molecule has 4 nitrogen and oxygen atoms in total. The minimum Gasteiger partial charge on any atom is -0.380 e. The third-order valence-corrected chi connectivity index (χ3v) is 5.08. The third kappa shape index (κ3) is 4.49. The molecule has 15 heavy (non-hydrogen) atoms. The summed E-state index contributed by atoms with van der Waals surface area (Å²) < 4.78 is 27.3. The molecule has 2 unspecified atom stereocenters. The predicted octanol–water partition coefficient (Wildman–Crippen LogP) is 0.823. The van der Waals surface area contributed by atoms with E-state index < -0.39 is 14.6 Å². The van der Waals surface area contributed by atoms with Crippen molar-refractivity contribution in [1.29, 1.82) is 0 Å². The number of methoxy groups -OCH3 is 1. The highest BCUT2D eigenvalue weighted by molar-refractivity contribution is 7.92. The standard InChI is InChI=1S/C10H23NO3S/c1-8(9(2)14-5)11-7-10(3,4)15(6,12)13/h8-9,11H,7H2,1-6H3. The van der Waals surface area contributed by atoms with Crippen LogP contribution in [0.1, 0.15) is 27.7 Å². The van der Waals surface area contributed by atoms with E-state index in [2.05, 4.69) is 5.32 Å². The van der Waals surface area contributed by atoms with Crippen molar-refractivity contribution in [3.63, 3.8) is 0 Å². The number of sulfone groups is 1. The average Bonchev–Trinajstić information content (AvgIpc) is 2.11. The Bertz CT molecular complexity index is 285. The van der Waals surface area contributed by atoms with Gasteiger partial charge in [-0.2, -0.15) is 0 Å². The molecular weight excluding hydrogens is 214 g/mol. The second kappa shape index (κ2) is 5.27. The van der Waals surface area contributed by atoms with Gasteiger partial charge in [0.15, 0.2) is 9.84 Å². The second-order valence-corrected chi connectivity index (χ2v) is 7.29. The summed E-state index contributed by atoms with van der Waals surface area (Å²) in [5.74, 6) is 0. The highest BCUT2D eigenvalue weighted by Crippen LogP contribution is 2.14. The molecule has 0 amide bonds. The molecule has 0 rings (SSSR count). The zero-order valence-electron chi connectivity index (χ0n) is 10.5. The van der Waals surface area contributed by atoms with Crippen molar-refractivity contribution in [3.8, 4) is 0 Å². The fourth-order valence-corrected chi connectivity index (χ4v) is 1.25. The van der Waals surface area contributed by atoms with Crippen molar-refractivity contribution in [2.24, 2.45) is 0 Å². The van der Waals surface area contributed by atoms with Gasteiger partial charge < -0.3 is 10.1 Å². The molecule has 0 spiro atoms. The van der Waals surface area contributed by atoms with Gasteiger partial charge in [0.1, 0.15) is 0 Å². The molecule has 5 heteroatoms. The molecule has 0 saturated heterocycles. The summed E-state index contributed by atoms with van der Waals surface area (Å²) in [4.78, 5) is 0. The Morgan fingerprint density at radius 3 is 2.13 bits per heavy atom. The zero-order chi connectivity index (χ0) is 12.3. The number of ether oxygens (including phenoxy) is 1. The Labute approximate surface area is 93.3 Å². The van der Waals surface area contributed by atoms with Gasteiger partial charge in [0.2, 0.25) is 0 Å². The molecule has 0 saturated carbocycles. The number of hydrogen-bond acceptors (Lipinski definition) is 4. The molecule has 0 heterocycles. The highest BCUT2D eigenvalue weighted by Gasteiger charge is 2.30.